The summed E-state index contributed by atoms with van der Waals surface area (Å²) in [5, 5.41) is 0. The van der Waals surface area contributed by atoms with Crippen LogP contribution in [0.5, 0.6) is 5.75 Å². The number of carbonyl (C=O) groups is 1. The Morgan fingerprint density at radius 3 is 2.73 bits per heavy atom. The van der Waals surface area contributed by atoms with Gasteiger partial charge in [0.2, 0.25) is 0 Å². The topological polar surface area (TPSA) is 29.5 Å². The lowest BCUT2D eigenvalue weighted by Crippen LogP contribution is -2.31. The van der Waals surface area contributed by atoms with Crippen molar-refractivity contribution in [2.45, 2.75) is 39.0 Å². The maximum Gasteiger partial charge on any atom is 0.164 e. The van der Waals surface area contributed by atoms with E-state index in [0.717, 1.165) is 29.7 Å². The predicted octanol–water partition coefficient (Wildman–Crippen LogP) is 3.78. The molecule has 2 atom stereocenters. The van der Waals surface area contributed by atoms with Gasteiger partial charge < -0.3 is 9.64 Å². The van der Waals surface area contributed by atoms with Gasteiger partial charge in [-0.15, -0.1) is 0 Å². The molecule has 0 N–H and O–H groups in total. The zero-order valence-corrected chi connectivity index (χ0v) is 13.6. The highest BCUT2D eigenvalue weighted by Crippen LogP contribution is 2.36. The summed E-state index contributed by atoms with van der Waals surface area (Å²) in [6, 6.07) is 7.55. The number of Topliss-reactive ketones (excluding diaryl/α,β-unsaturated/α-hetero) is 1. The van der Waals surface area contributed by atoms with Crippen molar-refractivity contribution in [3.8, 4) is 5.75 Å². The van der Waals surface area contributed by atoms with Gasteiger partial charge in [-0.05, 0) is 68.8 Å². The van der Waals surface area contributed by atoms with E-state index in [9.17, 15) is 4.79 Å². The van der Waals surface area contributed by atoms with Crippen molar-refractivity contribution in [3.63, 3.8) is 0 Å². The van der Waals surface area contributed by atoms with Crippen LogP contribution in [0.25, 0.3) is 0 Å². The van der Waals surface area contributed by atoms with Gasteiger partial charge in [0.25, 0.3) is 0 Å². The van der Waals surface area contributed by atoms with Crippen LogP contribution in [0, 0.1) is 11.8 Å². The smallest absolute Gasteiger partial charge is 0.164 e. The second kappa shape index (κ2) is 7.28. The number of rotatable bonds is 6. The van der Waals surface area contributed by atoms with Crippen molar-refractivity contribution in [2.24, 2.45) is 11.8 Å². The Hall–Kier alpha value is -1.35. The standard InChI is InChI=1S/C19H27NO2/c1-2-22-18-7-5-17(6-8-18)19(21)10-12-20-11-9-15-3-4-16(13-15)14-20/h5-8,15-16H,2-4,9-14H2,1H3/t15-,16-/m0/s1. The van der Waals surface area contributed by atoms with Crippen LogP contribution in [-0.2, 0) is 0 Å². The fraction of sp³-hybridized carbons (Fsp3) is 0.632. The number of carbonyl (C=O) groups excluding carboxylic acids is 1. The molecule has 1 aromatic rings. The van der Waals surface area contributed by atoms with Crippen LogP contribution in [0.15, 0.2) is 24.3 Å². The lowest BCUT2D eigenvalue weighted by molar-refractivity contribution is 0.0960. The van der Waals surface area contributed by atoms with E-state index >= 15 is 0 Å². The Bertz CT molecular complexity index is 497. The molecule has 1 aliphatic carbocycles. The fourth-order valence-electron chi connectivity index (χ4n) is 3.94. The molecule has 0 amide bonds. The summed E-state index contributed by atoms with van der Waals surface area (Å²) in [6.45, 7) is 5.91. The van der Waals surface area contributed by atoms with E-state index in [2.05, 4.69) is 4.90 Å². The zero-order chi connectivity index (χ0) is 15.4. The van der Waals surface area contributed by atoms with E-state index in [1.165, 1.54) is 38.8 Å². The fourth-order valence-corrected chi connectivity index (χ4v) is 3.94. The molecule has 0 radical (unpaired) electrons. The lowest BCUT2D eigenvalue weighted by atomic mass is 10.0. The third kappa shape index (κ3) is 3.89. The molecular formula is C19H27NO2. The number of fused-ring (bicyclic) bond motifs is 2. The third-order valence-electron chi connectivity index (χ3n) is 5.16. The maximum atomic E-state index is 12.3. The van der Waals surface area contributed by atoms with Gasteiger partial charge in [0.05, 0.1) is 6.61 Å². The van der Waals surface area contributed by atoms with Crippen LogP contribution >= 0.6 is 0 Å². The van der Waals surface area contributed by atoms with Gasteiger partial charge in [-0.3, -0.25) is 4.79 Å². The van der Waals surface area contributed by atoms with Gasteiger partial charge in [-0.2, -0.15) is 0 Å². The average molecular weight is 301 g/mol. The number of nitrogens with zero attached hydrogens (tertiary/aromatic N) is 1. The van der Waals surface area contributed by atoms with Gasteiger partial charge in [0.1, 0.15) is 5.75 Å². The molecule has 0 aromatic heterocycles. The van der Waals surface area contributed by atoms with Crippen molar-refractivity contribution in [1.82, 2.24) is 4.90 Å². The van der Waals surface area contributed by atoms with Crippen LogP contribution in [0.2, 0.25) is 0 Å². The molecular weight excluding hydrogens is 274 g/mol. The van der Waals surface area contributed by atoms with E-state index in [0.29, 0.717) is 13.0 Å². The first-order chi connectivity index (χ1) is 10.7. The monoisotopic (exact) mass is 301 g/mol. The second-order valence-electron chi connectivity index (χ2n) is 6.76. The third-order valence-corrected chi connectivity index (χ3v) is 5.16. The molecule has 3 heteroatoms. The number of benzene rings is 1. The Labute approximate surface area is 133 Å². The van der Waals surface area contributed by atoms with Crippen molar-refractivity contribution in [3.05, 3.63) is 29.8 Å². The number of likely N-dealkylation sites (tertiary alicyclic amines) is 1. The first kappa shape index (κ1) is 15.5. The van der Waals surface area contributed by atoms with Crippen LogP contribution in [0.1, 0.15) is 49.4 Å². The molecule has 3 nitrogen and oxygen atoms in total. The summed E-state index contributed by atoms with van der Waals surface area (Å²) in [4.78, 5) is 14.8. The quantitative estimate of drug-likeness (QED) is 0.749. The molecule has 1 saturated carbocycles. The summed E-state index contributed by atoms with van der Waals surface area (Å²) < 4.78 is 5.42. The van der Waals surface area contributed by atoms with Gasteiger partial charge in [0, 0.05) is 25.1 Å². The normalized spacial score (nSPS) is 25.0. The molecule has 0 unspecified atom stereocenters. The van der Waals surface area contributed by atoms with Crippen molar-refractivity contribution >= 4 is 5.78 Å². The largest absolute Gasteiger partial charge is 0.494 e. The molecule has 120 valence electrons. The molecule has 1 heterocycles. The van der Waals surface area contributed by atoms with Gasteiger partial charge >= 0.3 is 0 Å². The zero-order valence-electron chi connectivity index (χ0n) is 13.6. The number of ketones is 1. The van der Waals surface area contributed by atoms with Gasteiger partial charge in [-0.25, -0.2) is 0 Å². The minimum absolute atomic E-state index is 0.248. The first-order valence-electron chi connectivity index (χ1n) is 8.73. The average Bonchev–Trinajstić information content (AvgIpc) is 2.87. The van der Waals surface area contributed by atoms with Crippen LogP contribution in [0.4, 0.5) is 0 Å². The minimum Gasteiger partial charge on any atom is -0.494 e. The van der Waals surface area contributed by atoms with E-state index in [1.54, 1.807) is 0 Å². The van der Waals surface area contributed by atoms with Crippen LogP contribution < -0.4 is 4.74 Å². The summed E-state index contributed by atoms with van der Waals surface area (Å²) >= 11 is 0. The number of hydrogen-bond donors (Lipinski definition) is 0. The Morgan fingerprint density at radius 2 is 1.95 bits per heavy atom. The summed E-state index contributed by atoms with van der Waals surface area (Å²) in [5.74, 6) is 2.92. The summed E-state index contributed by atoms with van der Waals surface area (Å²) in [7, 11) is 0. The summed E-state index contributed by atoms with van der Waals surface area (Å²) in [6.07, 6.45) is 6.21. The molecule has 1 aromatic carbocycles. The lowest BCUT2D eigenvalue weighted by Gasteiger charge is -2.24. The molecule has 22 heavy (non-hydrogen) atoms. The first-order valence-corrected chi connectivity index (χ1v) is 8.73. The van der Waals surface area contributed by atoms with Gasteiger partial charge in [0.15, 0.2) is 5.78 Å². The minimum atomic E-state index is 0.248. The van der Waals surface area contributed by atoms with E-state index in [-0.39, 0.29) is 5.78 Å². The van der Waals surface area contributed by atoms with Crippen molar-refractivity contribution in [2.75, 3.05) is 26.2 Å². The predicted molar refractivity (Wildman–Crippen MR) is 88.4 cm³/mol. The molecule has 2 fully saturated rings. The van der Waals surface area contributed by atoms with Crippen molar-refractivity contribution in [1.29, 1.82) is 0 Å². The molecule has 1 saturated heterocycles. The highest BCUT2D eigenvalue weighted by molar-refractivity contribution is 5.96. The van der Waals surface area contributed by atoms with E-state index in [4.69, 9.17) is 4.74 Å². The Morgan fingerprint density at radius 1 is 1.18 bits per heavy atom. The maximum absolute atomic E-state index is 12.3. The highest BCUT2D eigenvalue weighted by Gasteiger charge is 2.29. The second-order valence-corrected chi connectivity index (χ2v) is 6.76. The van der Waals surface area contributed by atoms with Crippen molar-refractivity contribution < 1.29 is 9.53 Å². The molecule has 1 aliphatic heterocycles. The highest BCUT2D eigenvalue weighted by atomic mass is 16.5. The van der Waals surface area contributed by atoms with Gasteiger partial charge in [-0.1, -0.05) is 6.42 Å². The molecule has 0 spiro atoms. The molecule has 3 rings (SSSR count). The Balaban J connectivity index is 1.49. The molecule has 2 bridgehead atoms. The SMILES string of the molecule is CCOc1ccc(C(=O)CCN2CC[C@@H]3CC[C@@H](C3)C2)cc1. The van der Waals surface area contributed by atoms with E-state index < -0.39 is 0 Å². The molecule has 2 aliphatic rings. The number of ether oxygens (including phenoxy) is 1. The Kier molecular flexibility index (Phi) is 5.14. The van der Waals surface area contributed by atoms with Crippen LogP contribution in [0.3, 0.4) is 0 Å². The number of hydrogen-bond acceptors (Lipinski definition) is 3. The van der Waals surface area contributed by atoms with E-state index in [1.807, 2.05) is 31.2 Å². The summed E-state index contributed by atoms with van der Waals surface area (Å²) in [5.41, 5.74) is 0.805. The van der Waals surface area contributed by atoms with Crippen LogP contribution in [-0.4, -0.2) is 36.9 Å².